The largest absolute Gasteiger partial charge is 0.353 e. The molecule has 0 aliphatic carbocycles. The van der Waals surface area contributed by atoms with E-state index in [0.29, 0.717) is 19.5 Å². The first-order chi connectivity index (χ1) is 11.6. The van der Waals surface area contributed by atoms with Gasteiger partial charge in [0.15, 0.2) is 0 Å². The minimum absolute atomic E-state index is 0.0623. The Kier molecular flexibility index (Phi) is 5.30. The number of carbonyl (C=O) groups is 2. The predicted octanol–water partition coefficient (Wildman–Crippen LogP) is 3.02. The van der Waals surface area contributed by atoms with Gasteiger partial charge in [-0.15, -0.1) is 11.3 Å². The van der Waals surface area contributed by atoms with Gasteiger partial charge in [0.25, 0.3) is 5.91 Å². The third-order valence-electron chi connectivity index (χ3n) is 4.49. The number of carbonyl (C=O) groups excluding carboxylic acids is 2. The van der Waals surface area contributed by atoms with E-state index in [0.717, 1.165) is 28.8 Å². The van der Waals surface area contributed by atoms with Crippen molar-refractivity contribution < 1.29 is 9.59 Å². The van der Waals surface area contributed by atoms with Gasteiger partial charge in [-0.05, 0) is 42.3 Å². The zero-order valence-corrected chi connectivity index (χ0v) is 14.6. The molecule has 1 aromatic carbocycles. The number of nitrogens with one attached hydrogen (secondary N) is 1. The van der Waals surface area contributed by atoms with Crippen LogP contribution in [0.3, 0.4) is 0 Å². The van der Waals surface area contributed by atoms with E-state index < -0.39 is 0 Å². The molecule has 2 aromatic rings. The highest BCUT2D eigenvalue weighted by molar-refractivity contribution is 7.12. The van der Waals surface area contributed by atoms with E-state index in [4.69, 9.17) is 0 Å². The minimum atomic E-state index is 0.0623. The summed E-state index contributed by atoms with van der Waals surface area (Å²) >= 11 is 1.48. The average molecular weight is 342 g/mol. The normalized spacial score (nSPS) is 15.3. The molecule has 24 heavy (non-hydrogen) atoms. The Hall–Kier alpha value is -2.14. The lowest BCUT2D eigenvalue weighted by Crippen LogP contribution is -2.46. The average Bonchev–Trinajstić information content (AvgIpc) is 3.11. The lowest BCUT2D eigenvalue weighted by Gasteiger charge is -2.32. The van der Waals surface area contributed by atoms with Gasteiger partial charge in [-0.2, -0.15) is 0 Å². The first-order valence-electron chi connectivity index (χ1n) is 8.30. The molecule has 0 unspecified atom stereocenters. The van der Waals surface area contributed by atoms with Crippen molar-refractivity contribution in [3.63, 3.8) is 0 Å². The summed E-state index contributed by atoms with van der Waals surface area (Å²) in [5, 5.41) is 5.04. The number of hydrogen-bond donors (Lipinski definition) is 1. The van der Waals surface area contributed by atoms with Crippen molar-refractivity contribution in [2.24, 2.45) is 0 Å². The number of nitrogens with zero attached hydrogens (tertiary/aromatic N) is 1. The van der Waals surface area contributed by atoms with E-state index in [9.17, 15) is 9.59 Å². The first kappa shape index (κ1) is 16.7. The molecular weight excluding hydrogens is 320 g/mol. The molecule has 1 aliphatic rings. The molecule has 1 saturated heterocycles. The molecule has 0 atom stereocenters. The fraction of sp³-hybridized carbons (Fsp3) is 0.368. The van der Waals surface area contributed by atoms with E-state index in [1.54, 1.807) is 0 Å². The van der Waals surface area contributed by atoms with Crippen LogP contribution < -0.4 is 5.32 Å². The van der Waals surface area contributed by atoms with Crippen LogP contribution in [-0.4, -0.2) is 35.8 Å². The van der Waals surface area contributed by atoms with Crippen LogP contribution in [0.1, 0.15) is 33.6 Å². The topological polar surface area (TPSA) is 49.4 Å². The van der Waals surface area contributed by atoms with Crippen molar-refractivity contribution in [2.75, 3.05) is 13.1 Å². The Labute approximate surface area is 146 Å². The maximum absolute atomic E-state index is 12.3. The fourth-order valence-corrected chi connectivity index (χ4v) is 3.73. The van der Waals surface area contributed by atoms with Crippen LogP contribution in [-0.2, 0) is 11.2 Å². The maximum Gasteiger partial charge on any atom is 0.263 e. The van der Waals surface area contributed by atoms with Crippen LogP contribution in [0.5, 0.6) is 0 Å². The standard InChI is InChI=1S/C19H22N2O2S/c1-14-5-2-3-6-15(14)13-18(22)20-16-8-10-21(11-9-16)19(23)17-7-4-12-24-17/h2-7,12,16H,8-11,13H2,1H3,(H,20,22). The van der Waals surface area contributed by atoms with Gasteiger partial charge in [-0.25, -0.2) is 0 Å². The third kappa shape index (κ3) is 4.03. The first-order valence-corrected chi connectivity index (χ1v) is 9.18. The summed E-state index contributed by atoms with van der Waals surface area (Å²) in [5.41, 5.74) is 2.21. The van der Waals surface area contributed by atoms with Gasteiger partial charge < -0.3 is 10.2 Å². The van der Waals surface area contributed by atoms with Gasteiger partial charge in [-0.3, -0.25) is 9.59 Å². The van der Waals surface area contributed by atoms with Gasteiger partial charge >= 0.3 is 0 Å². The van der Waals surface area contributed by atoms with Crippen LogP contribution in [0.15, 0.2) is 41.8 Å². The van der Waals surface area contributed by atoms with Gasteiger partial charge in [0.05, 0.1) is 11.3 Å². The highest BCUT2D eigenvalue weighted by atomic mass is 32.1. The maximum atomic E-state index is 12.3. The monoisotopic (exact) mass is 342 g/mol. The number of aryl methyl sites for hydroxylation is 1. The van der Waals surface area contributed by atoms with Crippen molar-refractivity contribution in [3.8, 4) is 0 Å². The zero-order valence-electron chi connectivity index (χ0n) is 13.8. The Morgan fingerprint density at radius 3 is 2.58 bits per heavy atom. The molecular formula is C19H22N2O2S. The van der Waals surface area contributed by atoms with E-state index >= 15 is 0 Å². The molecule has 0 bridgehead atoms. The van der Waals surface area contributed by atoms with Gasteiger partial charge in [0, 0.05) is 19.1 Å². The molecule has 3 rings (SSSR count). The molecule has 5 heteroatoms. The molecule has 1 N–H and O–H groups in total. The van der Waals surface area contributed by atoms with Crippen molar-refractivity contribution in [3.05, 3.63) is 57.8 Å². The van der Waals surface area contributed by atoms with Gasteiger partial charge in [-0.1, -0.05) is 30.3 Å². The van der Waals surface area contributed by atoms with E-state index in [1.165, 1.54) is 11.3 Å². The van der Waals surface area contributed by atoms with E-state index in [1.807, 2.05) is 53.6 Å². The molecule has 1 aliphatic heterocycles. The Bertz CT molecular complexity index is 704. The third-order valence-corrected chi connectivity index (χ3v) is 5.35. The number of benzene rings is 1. The summed E-state index contributed by atoms with van der Waals surface area (Å²) < 4.78 is 0. The van der Waals surface area contributed by atoms with Crippen molar-refractivity contribution in [1.82, 2.24) is 10.2 Å². The lowest BCUT2D eigenvalue weighted by molar-refractivity contribution is -0.121. The summed E-state index contributed by atoms with van der Waals surface area (Å²) in [6.45, 7) is 3.43. The predicted molar refractivity (Wildman–Crippen MR) is 96.3 cm³/mol. The van der Waals surface area contributed by atoms with Crippen molar-refractivity contribution in [1.29, 1.82) is 0 Å². The molecule has 0 saturated carbocycles. The smallest absolute Gasteiger partial charge is 0.263 e. The summed E-state index contributed by atoms with van der Waals surface area (Å²) in [6.07, 6.45) is 2.05. The molecule has 2 heterocycles. The number of rotatable bonds is 4. The molecule has 0 radical (unpaired) electrons. The van der Waals surface area contributed by atoms with E-state index in [-0.39, 0.29) is 17.9 Å². The second-order valence-electron chi connectivity index (χ2n) is 6.21. The number of piperidine rings is 1. The summed E-state index contributed by atoms with van der Waals surface area (Å²) in [6, 6.07) is 11.9. The van der Waals surface area contributed by atoms with Gasteiger partial charge in [0.2, 0.25) is 5.91 Å². The molecule has 126 valence electrons. The second-order valence-corrected chi connectivity index (χ2v) is 7.16. The number of amides is 2. The molecule has 1 aromatic heterocycles. The highest BCUT2D eigenvalue weighted by Crippen LogP contribution is 2.17. The number of hydrogen-bond acceptors (Lipinski definition) is 3. The van der Waals surface area contributed by atoms with Crippen LogP contribution in [0.25, 0.3) is 0 Å². The zero-order chi connectivity index (χ0) is 16.9. The quantitative estimate of drug-likeness (QED) is 0.928. The summed E-state index contributed by atoms with van der Waals surface area (Å²) in [4.78, 5) is 27.2. The van der Waals surface area contributed by atoms with Crippen molar-refractivity contribution >= 4 is 23.2 Å². The van der Waals surface area contributed by atoms with Crippen LogP contribution in [0.2, 0.25) is 0 Å². The Morgan fingerprint density at radius 2 is 1.92 bits per heavy atom. The van der Waals surface area contributed by atoms with Gasteiger partial charge in [0.1, 0.15) is 0 Å². The van der Waals surface area contributed by atoms with Crippen LogP contribution >= 0.6 is 11.3 Å². The fourth-order valence-electron chi connectivity index (χ4n) is 3.04. The summed E-state index contributed by atoms with van der Waals surface area (Å²) in [5.74, 6) is 0.169. The lowest BCUT2D eigenvalue weighted by atomic mass is 10.0. The molecule has 0 spiro atoms. The SMILES string of the molecule is Cc1ccccc1CC(=O)NC1CCN(C(=O)c2cccs2)CC1. The van der Waals surface area contributed by atoms with E-state index in [2.05, 4.69) is 5.32 Å². The minimum Gasteiger partial charge on any atom is -0.353 e. The van der Waals surface area contributed by atoms with Crippen LogP contribution in [0, 0.1) is 6.92 Å². The number of thiophene rings is 1. The van der Waals surface area contributed by atoms with Crippen LogP contribution in [0.4, 0.5) is 0 Å². The molecule has 4 nitrogen and oxygen atoms in total. The highest BCUT2D eigenvalue weighted by Gasteiger charge is 2.25. The van der Waals surface area contributed by atoms with Crippen molar-refractivity contribution in [2.45, 2.75) is 32.2 Å². The molecule has 1 fully saturated rings. The Morgan fingerprint density at radius 1 is 1.17 bits per heavy atom. The second kappa shape index (κ2) is 7.62. The summed E-state index contributed by atoms with van der Waals surface area (Å²) in [7, 11) is 0. The molecule has 2 amide bonds. The Balaban J connectivity index is 1.48. The number of likely N-dealkylation sites (tertiary alicyclic amines) is 1.